The van der Waals surface area contributed by atoms with Crippen LogP contribution in [0.1, 0.15) is 0 Å². The normalized spacial score (nSPS) is 15.5. The molecular formula is C4H4F3NO2S. The van der Waals surface area contributed by atoms with Crippen LogP contribution in [0.4, 0.5) is 13.2 Å². The molecule has 0 saturated heterocycles. The third-order valence-corrected chi connectivity index (χ3v) is 2.07. The summed E-state index contributed by atoms with van der Waals surface area (Å²) in [6, 6.07) is 0.669. The fourth-order valence-electron chi connectivity index (χ4n) is 0.412. The van der Waals surface area contributed by atoms with Gasteiger partial charge in [0.05, 0.1) is 6.07 Å². The van der Waals surface area contributed by atoms with Gasteiger partial charge in [0.1, 0.15) is 0 Å². The molecule has 0 saturated carbocycles. The van der Waals surface area contributed by atoms with Gasteiger partial charge < -0.3 is 0 Å². The second kappa shape index (κ2) is 2.70. The Labute approximate surface area is 61.3 Å². The van der Waals surface area contributed by atoms with Crippen molar-refractivity contribution in [1.29, 1.82) is 5.26 Å². The van der Waals surface area contributed by atoms with Crippen LogP contribution in [0.15, 0.2) is 0 Å². The van der Waals surface area contributed by atoms with E-state index in [0.29, 0.717) is 12.3 Å². The van der Waals surface area contributed by atoms with Crippen LogP contribution in [0.25, 0.3) is 0 Å². The molecule has 0 aromatic heterocycles. The molecule has 0 radical (unpaired) electrons. The van der Waals surface area contributed by atoms with Gasteiger partial charge >= 0.3 is 6.18 Å². The lowest BCUT2D eigenvalue weighted by Gasteiger charge is -2.09. The number of rotatable bonds is 1. The molecule has 0 aromatic carbocycles. The highest BCUT2D eigenvalue weighted by atomic mass is 32.2. The van der Waals surface area contributed by atoms with E-state index in [1.165, 1.54) is 0 Å². The molecule has 11 heavy (non-hydrogen) atoms. The highest BCUT2D eigenvalue weighted by Gasteiger charge is 2.47. The molecule has 64 valence electrons. The summed E-state index contributed by atoms with van der Waals surface area (Å²) in [4.78, 5) is 0. The van der Waals surface area contributed by atoms with Gasteiger partial charge in [-0.1, -0.05) is 0 Å². The highest BCUT2D eigenvalue weighted by Crippen LogP contribution is 2.24. The molecule has 0 N–H and O–H groups in total. The minimum atomic E-state index is -5.00. The van der Waals surface area contributed by atoms with E-state index in [9.17, 15) is 21.6 Å². The minimum Gasteiger partial charge on any atom is -0.227 e. The van der Waals surface area contributed by atoms with Gasteiger partial charge in [0.15, 0.2) is 9.84 Å². The molecule has 0 rings (SSSR count). The Morgan fingerprint density at radius 1 is 1.45 bits per heavy atom. The first-order valence-corrected chi connectivity index (χ1v) is 4.30. The lowest BCUT2D eigenvalue weighted by Crippen LogP contribution is -2.34. The van der Waals surface area contributed by atoms with Crippen LogP contribution in [-0.4, -0.2) is 26.1 Å². The van der Waals surface area contributed by atoms with Crippen molar-refractivity contribution in [2.24, 2.45) is 0 Å². The average molecular weight is 187 g/mol. The lowest BCUT2D eigenvalue weighted by molar-refractivity contribution is -0.120. The van der Waals surface area contributed by atoms with Crippen molar-refractivity contribution in [2.45, 2.75) is 11.4 Å². The lowest BCUT2D eigenvalue weighted by atomic mass is 10.5. The maximum atomic E-state index is 11.6. The second-order valence-electron chi connectivity index (χ2n) is 1.88. The van der Waals surface area contributed by atoms with Crippen molar-refractivity contribution in [2.75, 3.05) is 6.26 Å². The Morgan fingerprint density at radius 2 is 1.82 bits per heavy atom. The van der Waals surface area contributed by atoms with Gasteiger partial charge in [-0.2, -0.15) is 18.4 Å². The number of alkyl halides is 3. The Morgan fingerprint density at radius 3 is 1.82 bits per heavy atom. The van der Waals surface area contributed by atoms with E-state index < -0.39 is 21.3 Å². The molecular weight excluding hydrogens is 183 g/mol. The Bertz CT molecular complexity index is 273. The first-order valence-electron chi connectivity index (χ1n) is 2.35. The van der Waals surface area contributed by atoms with Crippen molar-refractivity contribution in [3.05, 3.63) is 0 Å². The molecule has 0 aliphatic rings. The summed E-state index contributed by atoms with van der Waals surface area (Å²) in [5.41, 5.74) is 0. The molecule has 0 aromatic rings. The van der Waals surface area contributed by atoms with Gasteiger partial charge in [-0.25, -0.2) is 8.42 Å². The fourth-order valence-corrected chi connectivity index (χ4v) is 1.09. The summed E-state index contributed by atoms with van der Waals surface area (Å²) in [7, 11) is -4.36. The Hall–Kier alpha value is -0.770. The SMILES string of the molecule is CS(=O)(=O)C(C#N)C(F)(F)F. The van der Waals surface area contributed by atoms with Crippen LogP contribution in [-0.2, 0) is 9.84 Å². The molecule has 1 atom stereocenters. The molecule has 3 nitrogen and oxygen atoms in total. The third kappa shape index (κ3) is 2.76. The molecule has 0 heterocycles. The second-order valence-corrected chi connectivity index (χ2v) is 4.01. The number of hydrogen-bond acceptors (Lipinski definition) is 3. The molecule has 0 aliphatic heterocycles. The van der Waals surface area contributed by atoms with E-state index in [1.54, 1.807) is 0 Å². The zero-order valence-corrected chi connectivity index (χ0v) is 6.20. The van der Waals surface area contributed by atoms with Gasteiger partial charge in [-0.3, -0.25) is 0 Å². The van der Waals surface area contributed by atoms with Crippen molar-refractivity contribution >= 4 is 9.84 Å². The first kappa shape index (κ1) is 10.2. The standard InChI is InChI=1S/C4H4F3NO2S/c1-11(9,10)3(2-8)4(5,6)7/h3H,1H3. The summed E-state index contributed by atoms with van der Waals surface area (Å²) in [5, 5.41) is 4.94. The number of sulfone groups is 1. The monoisotopic (exact) mass is 187 g/mol. The molecule has 0 bridgehead atoms. The fraction of sp³-hybridized carbons (Fsp3) is 0.750. The van der Waals surface area contributed by atoms with Crippen LogP contribution in [0, 0.1) is 11.3 Å². The summed E-state index contributed by atoms with van der Waals surface area (Å²) >= 11 is 0. The van der Waals surface area contributed by atoms with Crippen LogP contribution >= 0.6 is 0 Å². The van der Waals surface area contributed by atoms with E-state index >= 15 is 0 Å². The molecule has 0 aliphatic carbocycles. The van der Waals surface area contributed by atoms with Gasteiger partial charge in [0, 0.05) is 6.26 Å². The number of halogens is 3. The molecule has 7 heteroatoms. The van der Waals surface area contributed by atoms with Crippen LogP contribution in [0.5, 0.6) is 0 Å². The van der Waals surface area contributed by atoms with E-state index in [-0.39, 0.29) is 0 Å². The molecule has 0 fully saturated rings. The smallest absolute Gasteiger partial charge is 0.227 e. The number of hydrogen-bond donors (Lipinski definition) is 0. The first-order chi connectivity index (χ1) is 4.69. The third-order valence-electron chi connectivity index (χ3n) is 0.843. The van der Waals surface area contributed by atoms with Crippen LogP contribution < -0.4 is 0 Å². The summed E-state index contributed by atoms with van der Waals surface area (Å²) in [6.07, 6.45) is -4.63. The Balaban J connectivity index is 4.92. The summed E-state index contributed by atoms with van der Waals surface area (Å²) in [6.45, 7) is 0. The average Bonchev–Trinajstić information content (AvgIpc) is 1.56. The molecule has 0 spiro atoms. The van der Waals surface area contributed by atoms with E-state index in [1.807, 2.05) is 0 Å². The van der Waals surface area contributed by atoms with E-state index in [0.717, 1.165) is 0 Å². The van der Waals surface area contributed by atoms with Gasteiger partial charge in [0.2, 0.25) is 5.25 Å². The number of nitrogens with zero attached hydrogens (tertiary/aromatic N) is 1. The predicted molar refractivity (Wildman–Crippen MR) is 30.3 cm³/mol. The Kier molecular flexibility index (Phi) is 2.51. The van der Waals surface area contributed by atoms with Crippen molar-refractivity contribution in [3.63, 3.8) is 0 Å². The minimum absolute atomic E-state index is 0.369. The van der Waals surface area contributed by atoms with Crippen molar-refractivity contribution in [3.8, 4) is 6.07 Å². The van der Waals surface area contributed by atoms with Crippen LogP contribution in [0.3, 0.4) is 0 Å². The largest absolute Gasteiger partial charge is 0.418 e. The van der Waals surface area contributed by atoms with E-state index in [4.69, 9.17) is 5.26 Å². The molecule has 0 amide bonds. The zero-order chi connectivity index (χ0) is 9.28. The predicted octanol–water partition coefficient (Wildman–Crippen LogP) is 0.485. The summed E-state index contributed by atoms with van der Waals surface area (Å²) < 4.78 is 55.4. The van der Waals surface area contributed by atoms with Gasteiger partial charge in [-0.05, 0) is 0 Å². The van der Waals surface area contributed by atoms with Gasteiger partial charge in [-0.15, -0.1) is 0 Å². The van der Waals surface area contributed by atoms with Crippen LogP contribution in [0.2, 0.25) is 0 Å². The zero-order valence-electron chi connectivity index (χ0n) is 5.38. The summed E-state index contributed by atoms with van der Waals surface area (Å²) in [5.74, 6) is 0. The molecule has 1 unspecified atom stereocenters. The highest BCUT2D eigenvalue weighted by molar-refractivity contribution is 7.91. The van der Waals surface area contributed by atoms with Crippen molar-refractivity contribution in [1.82, 2.24) is 0 Å². The quantitative estimate of drug-likeness (QED) is 0.600. The van der Waals surface area contributed by atoms with Gasteiger partial charge in [0.25, 0.3) is 0 Å². The van der Waals surface area contributed by atoms with E-state index in [2.05, 4.69) is 0 Å². The number of nitriles is 1. The maximum Gasteiger partial charge on any atom is 0.418 e. The topological polar surface area (TPSA) is 57.9 Å². The maximum absolute atomic E-state index is 11.6. The van der Waals surface area contributed by atoms with Crippen molar-refractivity contribution < 1.29 is 21.6 Å².